The van der Waals surface area contributed by atoms with Crippen LogP contribution < -0.4 is 11.1 Å². The molecule has 0 bridgehead atoms. The van der Waals surface area contributed by atoms with Crippen molar-refractivity contribution in [1.82, 2.24) is 10.2 Å². The van der Waals surface area contributed by atoms with Gasteiger partial charge in [0.15, 0.2) is 0 Å². The van der Waals surface area contributed by atoms with E-state index in [1.807, 2.05) is 17.0 Å². The molecule has 1 aliphatic heterocycles. The number of carbonyl (C=O) groups excluding carboxylic acids is 1. The van der Waals surface area contributed by atoms with Crippen molar-refractivity contribution in [2.75, 3.05) is 6.54 Å². The quantitative estimate of drug-likeness (QED) is 0.871. The van der Waals surface area contributed by atoms with Gasteiger partial charge in [0.05, 0.1) is 6.04 Å². The van der Waals surface area contributed by atoms with Gasteiger partial charge >= 0.3 is 6.03 Å². The maximum absolute atomic E-state index is 12.2. The molecule has 3 N–H and O–H groups in total. The van der Waals surface area contributed by atoms with Crippen molar-refractivity contribution in [3.05, 3.63) is 34.3 Å². The highest BCUT2D eigenvalue weighted by Gasteiger charge is 2.35. The highest BCUT2D eigenvalue weighted by Crippen LogP contribution is 2.28. The van der Waals surface area contributed by atoms with Gasteiger partial charge in [-0.3, -0.25) is 0 Å². The number of nitrogens with zero attached hydrogens (tertiary/aromatic N) is 1. The third kappa shape index (κ3) is 2.83. The molecule has 2 amide bonds. The third-order valence-electron chi connectivity index (χ3n) is 4.39. The Morgan fingerprint density at radius 2 is 1.80 bits per heavy atom. The van der Waals surface area contributed by atoms with Crippen molar-refractivity contribution in [3.63, 3.8) is 0 Å². The predicted molar refractivity (Wildman–Crippen MR) is 82.4 cm³/mol. The maximum Gasteiger partial charge on any atom is 0.318 e. The van der Waals surface area contributed by atoms with Gasteiger partial charge in [-0.2, -0.15) is 0 Å². The zero-order valence-electron chi connectivity index (χ0n) is 11.4. The fourth-order valence-electron chi connectivity index (χ4n) is 3.17. The molecule has 0 aromatic heterocycles. The van der Waals surface area contributed by atoms with E-state index >= 15 is 0 Å². The number of rotatable bonds is 2. The Balaban J connectivity index is 1.67. The molecule has 108 valence electrons. The SMILES string of the molecule is NC1CCC(N2CC(c3ccc(Br)cc3)NC2=O)CC1. The fraction of sp³-hybridized carbons (Fsp3) is 0.533. The first kappa shape index (κ1) is 13.9. The van der Waals surface area contributed by atoms with Crippen molar-refractivity contribution in [2.24, 2.45) is 5.73 Å². The Kier molecular flexibility index (Phi) is 3.98. The molecule has 1 heterocycles. The van der Waals surface area contributed by atoms with Gasteiger partial charge in [-0.25, -0.2) is 4.79 Å². The van der Waals surface area contributed by atoms with Crippen LogP contribution in [0, 0.1) is 0 Å². The van der Waals surface area contributed by atoms with E-state index < -0.39 is 0 Å². The number of nitrogens with two attached hydrogens (primary N) is 1. The minimum absolute atomic E-state index is 0.0680. The van der Waals surface area contributed by atoms with Crippen molar-refractivity contribution in [2.45, 2.75) is 43.8 Å². The smallest absolute Gasteiger partial charge is 0.318 e. The van der Waals surface area contributed by atoms with Crippen molar-refractivity contribution >= 4 is 22.0 Å². The van der Waals surface area contributed by atoms with Gasteiger partial charge in [0.2, 0.25) is 0 Å². The van der Waals surface area contributed by atoms with Gasteiger partial charge in [-0.1, -0.05) is 28.1 Å². The number of hydrogen-bond acceptors (Lipinski definition) is 2. The van der Waals surface area contributed by atoms with Gasteiger partial charge in [-0.05, 0) is 43.4 Å². The van der Waals surface area contributed by atoms with E-state index in [4.69, 9.17) is 5.73 Å². The number of halogens is 1. The monoisotopic (exact) mass is 337 g/mol. The summed E-state index contributed by atoms with van der Waals surface area (Å²) in [6.45, 7) is 0.764. The lowest BCUT2D eigenvalue weighted by molar-refractivity contribution is 0.174. The van der Waals surface area contributed by atoms with E-state index in [9.17, 15) is 4.79 Å². The molecule has 0 spiro atoms. The molecule has 1 saturated heterocycles. The van der Waals surface area contributed by atoms with Crippen molar-refractivity contribution in [1.29, 1.82) is 0 Å². The number of amides is 2. The first-order valence-electron chi connectivity index (χ1n) is 7.21. The molecule has 1 unspecified atom stereocenters. The second-order valence-corrected chi connectivity index (χ2v) is 6.69. The molecule has 1 aliphatic carbocycles. The number of nitrogens with one attached hydrogen (secondary N) is 1. The van der Waals surface area contributed by atoms with E-state index in [0.717, 1.165) is 42.3 Å². The van der Waals surface area contributed by atoms with Crippen LogP contribution in [0.3, 0.4) is 0 Å². The van der Waals surface area contributed by atoms with Crippen LogP contribution in [0.4, 0.5) is 4.79 Å². The summed E-state index contributed by atoms with van der Waals surface area (Å²) in [6, 6.07) is 9.01. The van der Waals surface area contributed by atoms with E-state index in [1.165, 1.54) is 0 Å². The molecular weight excluding hydrogens is 318 g/mol. The molecule has 2 aliphatic rings. The maximum atomic E-state index is 12.2. The predicted octanol–water partition coefficient (Wildman–Crippen LogP) is 2.79. The largest absolute Gasteiger partial charge is 0.329 e. The first-order valence-corrected chi connectivity index (χ1v) is 8.01. The van der Waals surface area contributed by atoms with Crippen molar-refractivity contribution < 1.29 is 4.79 Å². The normalized spacial score (nSPS) is 30.4. The van der Waals surface area contributed by atoms with E-state index in [0.29, 0.717) is 12.1 Å². The Bertz CT molecular complexity index is 482. The topological polar surface area (TPSA) is 58.4 Å². The summed E-state index contributed by atoms with van der Waals surface area (Å²) < 4.78 is 1.06. The minimum Gasteiger partial charge on any atom is -0.329 e. The summed E-state index contributed by atoms with van der Waals surface area (Å²) in [5, 5.41) is 3.09. The van der Waals surface area contributed by atoms with Crippen molar-refractivity contribution in [3.8, 4) is 0 Å². The number of urea groups is 1. The van der Waals surface area contributed by atoms with Gasteiger partial charge in [0.1, 0.15) is 0 Å². The lowest BCUT2D eigenvalue weighted by Gasteiger charge is -2.32. The standard InChI is InChI=1S/C15H20BrN3O/c16-11-3-1-10(2-4-11)14-9-19(15(20)18-14)13-7-5-12(17)6-8-13/h1-4,12-14H,5-9,17H2,(H,18,20). The van der Waals surface area contributed by atoms with Crippen LogP contribution in [0.25, 0.3) is 0 Å². The first-order chi connectivity index (χ1) is 9.63. The average Bonchev–Trinajstić information content (AvgIpc) is 2.82. The molecule has 1 aromatic carbocycles. The van der Waals surface area contributed by atoms with Crippen LogP contribution in [0.5, 0.6) is 0 Å². The minimum atomic E-state index is 0.0680. The second-order valence-electron chi connectivity index (χ2n) is 5.77. The lowest BCUT2D eigenvalue weighted by Crippen LogP contribution is -2.42. The van der Waals surface area contributed by atoms with Crippen LogP contribution in [-0.2, 0) is 0 Å². The summed E-state index contributed by atoms with van der Waals surface area (Å²) in [7, 11) is 0. The second kappa shape index (κ2) is 5.74. The number of carbonyl (C=O) groups is 1. The van der Waals surface area contributed by atoms with Crippen LogP contribution in [0.15, 0.2) is 28.7 Å². The highest BCUT2D eigenvalue weighted by atomic mass is 79.9. The van der Waals surface area contributed by atoms with E-state index in [2.05, 4.69) is 33.4 Å². The molecule has 0 radical (unpaired) electrons. The highest BCUT2D eigenvalue weighted by molar-refractivity contribution is 9.10. The van der Waals surface area contributed by atoms with E-state index in [1.54, 1.807) is 0 Å². The zero-order valence-corrected chi connectivity index (χ0v) is 13.0. The molecule has 1 saturated carbocycles. The number of benzene rings is 1. The average molecular weight is 338 g/mol. The summed E-state index contributed by atoms with van der Waals surface area (Å²) in [5.74, 6) is 0. The molecule has 4 nitrogen and oxygen atoms in total. The molecule has 20 heavy (non-hydrogen) atoms. The van der Waals surface area contributed by atoms with Crippen LogP contribution in [0.2, 0.25) is 0 Å². The van der Waals surface area contributed by atoms with Gasteiger partial charge in [0.25, 0.3) is 0 Å². The third-order valence-corrected chi connectivity index (χ3v) is 4.92. The Hall–Kier alpha value is -1.07. The molecule has 1 aromatic rings. The summed E-state index contributed by atoms with van der Waals surface area (Å²) in [4.78, 5) is 14.2. The number of hydrogen-bond donors (Lipinski definition) is 2. The Morgan fingerprint density at radius 3 is 2.45 bits per heavy atom. The zero-order chi connectivity index (χ0) is 14.1. The summed E-state index contributed by atoms with van der Waals surface area (Å²) in [5.41, 5.74) is 7.10. The molecule has 2 fully saturated rings. The molecule has 1 atom stereocenters. The van der Waals surface area contributed by atoms with Gasteiger partial charge < -0.3 is 16.0 Å². The summed E-state index contributed by atoms with van der Waals surface area (Å²) >= 11 is 3.44. The molecule has 5 heteroatoms. The lowest BCUT2D eigenvalue weighted by atomic mass is 9.91. The van der Waals surface area contributed by atoms with Gasteiger partial charge in [-0.15, -0.1) is 0 Å². The molecule has 3 rings (SSSR count). The Labute approximate surface area is 127 Å². The van der Waals surface area contributed by atoms with E-state index in [-0.39, 0.29) is 12.1 Å². The van der Waals surface area contributed by atoms with Gasteiger partial charge in [0, 0.05) is 23.1 Å². The fourth-order valence-corrected chi connectivity index (χ4v) is 3.43. The van der Waals surface area contributed by atoms with Crippen LogP contribution >= 0.6 is 15.9 Å². The Morgan fingerprint density at radius 1 is 1.15 bits per heavy atom. The van der Waals surface area contributed by atoms with Crippen LogP contribution in [0.1, 0.15) is 37.3 Å². The molecular formula is C15H20BrN3O. The summed E-state index contributed by atoms with van der Waals surface area (Å²) in [6.07, 6.45) is 4.11. The van der Waals surface area contributed by atoms with Crippen LogP contribution in [-0.4, -0.2) is 29.6 Å².